The first-order chi connectivity index (χ1) is 13.3. The van der Waals surface area contributed by atoms with Crippen molar-refractivity contribution in [1.82, 2.24) is 24.5 Å². The van der Waals surface area contributed by atoms with Gasteiger partial charge < -0.3 is 4.57 Å². The highest BCUT2D eigenvalue weighted by Crippen LogP contribution is 2.28. The molecule has 0 amide bonds. The lowest BCUT2D eigenvalue weighted by Gasteiger charge is -2.19. The fraction of sp³-hybridized carbons (Fsp3) is 0.182. The monoisotopic (exact) mass is 355 g/mol. The summed E-state index contributed by atoms with van der Waals surface area (Å²) in [5, 5.41) is 0. The lowest BCUT2D eigenvalue weighted by Crippen LogP contribution is -2.10. The predicted octanol–water partition coefficient (Wildman–Crippen LogP) is 4.71. The fourth-order valence-corrected chi connectivity index (χ4v) is 3.37. The highest BCUT2D eigenvalue weighted by Gasteiger charge is 2.17. The van der Waals surface area contributed by atoms with Gasteiger partial charge in [0.25, 0.3) is 0 Å². The average molecular weight is 355 g/mol. The van der Waals surface area contributed by atoms with Crippen LogP contribution < -0.4 is 0 Å². The van der Waals surface area contributed by atoms with Crippen molar-refractivity contribution in [2.24, 2.45) is 0 Å². The molecule has 0 saturated carbocycles. The van der Waals surface area contributed by atoms with Gasteiger partial charge in [0.15, 0.2) is 5.82 Å². The molecule has 0 aliphatic carbocycles. The van der Waals surface area contributed by atoms with Gasteiger partial charge in [-0.3, -0.25) is 4.98 Å². The fourth-order valence-electron chi connectivity index (χ4n) is 3.37. The number of imidazole rings is 1. The molecule has 0 spiro atoms. The van der Waals surface area contributed by atoms with E-state index in [-0.39, 0.29) is 6.04 Å². The number of aromatic nitrogens is 5. The van der Waals surface area contributed by atoms with Crippen molar-refractivity contribution >= 4 is 0 Å². The first-order valence-electron chi connectivity index (χ1n) is 9.09. The molecule has 0 aliphatic rings. The van der Waals surface area contributed by atoms with E-state index in [2.05, 4.69) is 56.5 Å². The Hall–Kier alpha value is -3.34. The molecule has 134 valence electrons. The standard InChI is InChI=1S/C22H21N5/c1-3-20(17-8-10-23-11-9-17)27-13-12-24-22(27)18-14-25-21(26-15-18)19-7-5-4-6-16(19)2/h4-15,20H,3H2,1-2H3/t20-/m0/s1. The van der Waals surface area contributed by atoms with Gasteiger partial charge in [0.1, 0.15) is 5.82 Å². The van der Waals surface area contributed by atoms with E-state index in [1.165, 1.54) is 5.56 Å². The van der Waals surface area contributed by atoms with Gasteiger partial charge in [-0.05, 0) is 36.6 Å². The van der Waals surface area contributed by atoms with Gasteiger partial charge in [0, 0.05) is 42.7 Å². The van der Waals surface area contributed by atoms with Crippen molar-refractivity contribution in [2.45, 2.75) is 26.3 Å². The van der Waals surface area contributed by atoms with E-state index in [1.807, 2.05) is 55.4 Å². The lowest BCUT2D eigenvalue weighted by atomic mass is 10.1. The van der Waals surface area contributed by atoms with Crippen molar-refractivity contribution < 1.29 is 0 Å². The maximum absolute atomic E-state index is 4.59. The molecule has 4 rings (SSSR count). The summed E-state index contributed by atoms with van der Waals surface area (Å²) in [5.74, 6) is 1.60. The molecule has 0 saturated heterocycles. The van der Waals surface area contributed by atoms with Gasteiger partial charge in [0.2, 0.25) is 0 Å². The molecule has 0 bridgehead atoms. The van der Waals surface area contributed by atoms with Crippen LogP contribution in [0.5, 0.6) is 0 Å². The third-order valence-electron chi connectivity index (χ3n) is 4.78. The molecule has 0 unspecified atom stereocenters. The number of benzene rings is 1. The van der Waals surface area contributed by atoms with Crippen molar-refractivity contribution in [3.05, 3.63) is 84.7 Å². The van der Waals surface area contributed by atoms with E-state index in [1.54, 1.807) is 0 Å². The molecule has 4 aromatic rings. The molecule has 1 atom stereocenters. The predicted molar refractivity (Wildman–Crippen MR) is 106 cm³/mol. The summed E-state index contributed by atoms with van der Waals surface area (Å²) in [4.78, 5) is 17.9. The minimum Gasteiger partial charge on any atom is -0.323 e. The van der Waals surface area contributed by atoms with Crippen LogP contribution in [-0.2, 0) is 0 Å². The summed E-state index contributed by atoms with van der Waals surface area (Å²) >= 11 is 0. The molecule has 3 aromatic heterocycles. The number of nitrogens with zero attached hydrogens (tertiary/aromatic N) is 5. The molecule has 1 aromatic carbocycles. The molecular formula is C22H21N5. The largest absolute Gasteiger partial charge is 0.323 e. The Kier molecular flexibility index (Phi) is 4.75. The number of hydrogen-bond acceptors (Lipinski definition) is 4. The van der Waals surface area contributed by atoms with Crippen LogP contribution in [0.25, 0.3) is 22.8 Å². The normalized spacial score (nSPS) is 12.1. The summed E-state index contributed by atoms with van der Waals surface area (Å²) in [5.41, 5.74) is 4.33. The van der Waals surface area contributed by atoms with Crippen LogP contribution in [0.1, 0.15) is 30.5 Å². The zero-order valence-electron chi connectivity index (χ0n) is 15.4. The van der Waals surface area contributed by atoms with Gasteiger partial charge in [-0.25, -0.2) is 15.0 Å². The molecule has 5 heteroatoms. The quantitative estimate of drug-likeness (QED) is 0.520. The Morgan fingerprint density at radius 1 is 0.926 bits per heavy atom. The minimum absolute atomic E-state index is 0.196. The van der Waals surface area contributed by atoms with Crippen LogP contribution in [0.4, 0.5) is 0 Å². The van der Waals surface area contributed by atoms with E-state index < -0.39 is 0 Å². The second-order valence-electron chi connectivity index (χ2n) is 6.47. The topological polar surface area (TPSA) is 56.5 Å². The highest BCUT2D eigenvalue weighted by atomic mass is 15.1. The van der Waals surface area contributed by atoms with Crippen LogP contribution in [0.3, 0.4) is 0 Å². The minimum atomic E-state index is 0.196. The smallest absolute Gasteiger partial charge is 0.159 e. The summed E-state index contributed by atoms with van der Waals surface area (Å²) in [6, 6.07) is 12.4. The Labute approximate surface area is 158 Å². The second-order valence-corrected chi connectivity index (χ2v) is 6.47. The Morgan fingerprint density at radius 3 is 2.37 bits per heavy atom. The maximum Gasteiger partial charge on any atom is 0.159 e. The van der Waals surface area contributed by atoms with Gasteiger partial charge in [-0.2, -0.15) is 0 Å². The Bertz CT molecular complexity index is 1020. The van der Waals surface area contributed by atoms with E-state index in [9.17, 15) is 0 Å². The summed E-state index contributed by atoms with van der Waals surface area (Å²) < 4.78 is 2.18. The van der Waals surface area contributed by atoms with Gasteiger partial charge in [0.05, 0.1) is 11.6 Å². The number of pyridine rings is 1. The van der Waals surface area contributed by atoms with E-state index in [4.69, 9.17) is 0 Å². The van der Waals surface area contributed by atoms with Crippen LogP contribution in [0.15, 0.2) is 73.6 Å². The lowest BCUT2D eigenvalue weighted by molar-refractivity contribution is 0.571. The third kappa shape index (κ3) is 3.36. The number of rotatable bonds is 5. The zero-order valence-corrected chi connectivity index (χ0v) is 15.4. The second kappa shape index (κ2) is 7.50. The zero-order chi connectivity index (χ0) is 18.6. The average Bonchev–Trinajstić information content (AvgIpc) is 3.19. The van der Waals surface area contributed by atoms with Crippen molar-refractivity contribution in [2.75, 3.05) is 0 Å². The summed E-state index contributed by atoms with van der Waals surface area (Å²) in [6.07, 6.45) is 12.2. The first kappa shape index (κ1) is 17.1. The number of hydrogen-bond donors (Lipinski definition) is 0. The van der Waals surface area contributed by atoms with Gasteiger partial charge >= 0.3 is 0 Å². The third-order valence-corrected chi connectivity index (χ3v) is 4.78. The van der Waals surface area contributed by atoms with E-state index in [0.717, 1.165) is 34.8 Å². The van der Waals surface area contributed by atoms with Crippen molar-refractivity contribution in [3.8, 4) is 22.8 Å². The van der Waals surface area contributed by atoms with Crippen LogP contribution in [0.2, 0.25) is 0 Å². The molecule has 5 nitrogen and oxygen atoms in total. The molecule has 3 heterocycles. The van der Waals surface area contributed by atoms with Crippen LogP contribution in [0, 0.1) is 6.92 Å². The Balaban J connectivity index is 1.69. The molecule has 0 N–H and O–H groups in total. The molecule has 0 radical (unpaired) electrons. The van der Waals surface area contributed by atoms with Crippen molar-refractivity contribution in [1.29, 1.82) is 0 Å². The molecule has 27 heavy (non-hydrogen) atoms. The molecular weight excluding hydrogens is 334 g/mol. The van der Waals surface area contributed by atoms with E-state index >= 15 is 0 Å². The SMILES string of the molecule is CC[C@@H](c1ccncc1)n1ccnc1-c1cnc(-c2ccccc2C)nc1. The van der Waals surface area contributed by atoms with Crippen LogP contribution in [-0.4, -0.2) is 24.5 Å². The number of aryl methyl sites for hydroxylation is 1. The maximum atomic E-state index is 4.59. The van der Waals surface area contributed by atoms with Crippen molar-refractivity contribution in [3.63, 3.8) is 0 Å². The highest BCUT2D eigenvalue weighted by molar-refractivity contribution is 5.62. The van der Waals surface area contributed by atoms with Gasteiger partial charge in [-0.1, -0.05) is 31.2 Å². The Morgan fingerprint density at radius 2 is 1.67 bits per heavy atom. The summed E-state index contributed by atoms with van der Waals surface area (Å²) in [7, 11) is 0. The van der Waals surface area contributed by atoms with Crippen LogP contribution >= 0.6 is 0 Å². The molecule has 0 fully saturated rings. The first-order valence-corrected chi connectivity index (χ1v) is 9.09. The summed E-state index contributed by atoms with van der Waals surface area (Å²) in [6.45, 7) is 4.24. The molecule has 0 aliphatic heterocycles. The van der Waals surface area contributed by atoms with E-state index in [0.29, 0.717) is 0 Å². The van der Waals surface area contributed by atoms with Gasteiger partial charge in [-0.15, -0.1) is 0 Å².